The zero-order chi connectivity index (χ0) is 11.1. The van der Waals surface area contributed by atoms with Crippen molar-refractivity contribution < 1.29 is 9.84 Å². The van der Waals surface area contributed by atoms with Gasteiger partial charge in [-0.1, -0.05) is 0 Å². The highest BCUT2D eigenvalue weighted by Crippen LogP contribution is 2.49. The van der Waals surface area contributed by atoms with Crippen molar-refractivity contribution in [2.45, 2.75) is 30.3 Å². The molecule has 2 nitrogen and oxygen atoms in total. The summed E-state index contributed by atoms with van der Waals surface area (Å²) >= 11 is 1.71. The third kappa shape index (κ3) is 1.86. The van der Waals surface area contributed by atoms with Crippen LogP contribution in [0.3, 0.4) is 0 Å². The van der Waals surface area contributed by atoms with Crippen molar-refractivity contribution in [1.29, 1.82) is 0 Å². The molecule has 0 heterocycles. The average Bonchev–Trinajstić information content (AvgIpc) is 2.97. The highest BCUT2D eigenvalue weighted by molar-refractivity contribution is 7.98. The number of hydrogen-bond donors (Lipinski definition) is 1. The van der Waals surface area contributed by atoms with Gasteiger partial charge in [-0.25, -0.2) is 0 Å². The van der Waals surface area contributed by atoms with Crippen molar-refractivity contribution in [2.75, 3.05) is 13.4 Å². The van der Waals surface area contributed by atoms with Crippen LogP contribution in [-0.4, -0.2) is 18.5 Å². The molecule has 0 amide bonds. The minimum atomic E-state index is -0.622. The second-order valence-electron chi connectivity index (χ2n) is 4.05. The number of methoxy groups -OCH3 is 1. The minimum absolute atomic E-state index is 0.622. The summed E-state index contributed by atoms with van der Waals surface area (Å²) in [6.07, 6.45) is 3.75. The van der Waals surface area contributed by atoms with Crippen LogP contribution >= 0.6 is 11.8 Å². The number of rotatable bonds is 3. The zero-order valence-corrected chi connectivity index (χ0v) is 10.1. The van der Waals surface area contributed by atoms with Crippen LogP contribution in [0.25, 0.3) is 0 Å². The number of aryl methyl sites for hydroxylation is 1. The van der Waals surface area contributed by atoms with Gasteiger partial charge in [0.1, 0.15) is 5.75 Å². The number of benzene rings is 1. The molecule has 1 aromatic rings. The fraction of sp³-hybridized carbons (Fsp3) is 0.500. The summed E-state index contributed by atoms with van der Waals surface area (Å²) in [4.78, 5) is 1.21. The molecule has 0 aliphatic heterocycles. The van der Waals surface area contributed by atoms with E-state index in [1.54, 1.807) is 18.9 Å². The highest BCUT2D eigenvalue weighted by Gasteiger charge is 2.44. The molecule has 0 bridgehead atoms. The van der Waals surface area contributed by atoms with Crippen molar-refractivity contribution in [3.63, 3.8) is 0 Å². The molecule has 1 N–H and O–H groups in total. The van der Waals surface area contributed by atoms with E-state index >= 15 is 0 Å². The van der Waals surface area contributed by atoms with E-state index < -0.39 is 5.60 Å². The maximum atomic E-state index is 10.1. The Balaban J connectivity index is 2.51. The van der Waals surface area contributed by atoms with E-state index in [1.165, 1.54) is 10.5 Å². The van der Waals surface area contributed by atoms with Crippen LogP contribution in [0.15, 0.2) is 17.0 Å². The molecular weight excluding hydrogens is 208 g/mol. The van der Waals surface area contributed by atoms with Gasteiger partial charge in [-0.15, -0.1) is 11.8 Å². The molecule has 3 heteroatoms. The quantitative estimate of drug-likeness (QED) is 0.800. The van der Waals surface area contributed by atoms with Crippen molar-refractivity contribution in [3.8, 4) is 5.75 Å². The Hall–Kier alpha value is -0.670. The Bertz CT molecular complexity index is 383. The zero-order valence-electron chi connectivity index (χ0n) is 9.33. The third-order valence-electron chi connectivity index (χ3n) is 2.94. The molecule has 82 valence electrons. The first-order valence-electron chi connectivity index (χ1n) is 5.06. The number of ether oxygens (including phenoxy) is 1. The van der Waals surface area contributed by atoms with Crippen LogP contribution < -0.4 is 4.74 Å². The van der Waals surface area contributed by atoms with Crippen molar-refractivity contribution in [3.05, 3.63) is 23.3 Å². The van der Waals surface area contributed by atoms with Gasteiger partial charge in [0.05, 0.1) is 12.7 Å². The number of aliphatic hydroxyl groups is 1. The van der Waals surface area contributed by atoms with Crippen LogP contribution in [0, 0.1) is 6.92 Å². The summed E-state index contributed by atoms with van der Waals surface area (Å²) in [5, 5.41) is 10.1. The van der Waals surface area contributed by atoms with Crippen molar-refractivity contribution >= 4 is 11.8 Å². The van der Waals surface area contributed by atoms with Crippen molar-refractivity contribution in [2.24, 2.45) is 0 Å². The van der Waals surface area contributed by atoms with Gasteiger partial charge < -0.3 is 9.84 Å². The summed E-state index contributed by atoms with van der Waals surface area (Å²) in [6, 6.07) is 4.07. The van der Waals surface area contributed by atoms with Gasteiger partial charge in [0.25, 0.3) is 0 Å². The van der Waals surface area contributed by atoms with Crippen LogP contribution in [0.4, 0.5) is 0 Å². The van der Waals surface area contributed by atoms with Gasteiger partial charge in [0.2, 0.25) is 0 Å². The lowest BCUT2D eigenvalue weighted by molar-refractivity contribution is 0.147. The normalized spacial score (nSPS) is 17.6. The van der Waals surface area contributed by atoms with Gasteiger partial charge in [0.15, 0.2) is 0 Å². The second-order valence-corrected chi connectivity index (χ2v) is 4.90. The van der Waals surface area contributed by atoms with Gasteiger partial charge in [-0.05, 0) is 43.7 Å². The Morgan fingerprint density at radius 2 is 2.07 bits per heavy atom. The van der Waals surface area contributed by atoms with Crippen LogP contribution in [-0.2, 0) is 5.60 Å². The fourth-order valence-corrected chi connectivity index (χ4v) is 2.42. The Morgan fingerprint density at radius 3 is 2.53 bits per heavy atom. The molecule has 2 rings (SSSR count). The highest BCUT2D eigenvalue weighted by atomic mass is 32.2. The van der Waals surface area contributed by atoms with Gasteiger partial charge in [-0.3, -0.25) is 0 Å². The van der Waals surface area contributed by atoms with Crippen LogP contribution in [0.1, 0.15) is 24.0 Å². The largest absolute Gasteiger partial charge is 0.496 e. The first-order valence-corrected chi connectivity index (χ1v) is 6.28. The maximum absolute atomic E-state index is 10.1. The molecule has 0 atom stereocenters. The molecule has 0 spiro atoms. The van der Waals surface area contributed by atoms with Gasteiger partial charge >= 0.3 is 0 Å². The Labute approximate surface area is 94.6 Å². The third-order valence-corrected chi connectivity index (χ3v) is 3.82. The first kappa shape index (κ1) is 10.8. The summed E-state index contributed by atoms with van der Waals surface area (Å²) < 4.78 is 5.32. The molecule has 1 aliphatic rings. The minimum Gasteiger partial charge on any atom is -0.496 e. The standard InChI is InChI=1S/C12H16O2S/c1-8-6-10(14-2)9(7-11(8)15-3)12(13)4-5-12/h6-7,13H,4-5H2,1-3H3. The van der Waals surface area contributed by atoms with E-state index in [4.69, 9.17) is 4.74 Å². The molecule has 0 saturated heterocycles. The van der Waals surface area contributed by atoms with E-state index in [0.29, 0.717) is 0 Å². The lowest BCUT2D eigenvalue weighted by Crippen LogP contribution is -2.07. The first-order chi connectivity index (χ1) is 7.10. The van der Waals surface area contributed by atoms with E-state index in [1.807, 2.05) is 6.07 Å². The molecule has 0 radical (unpaired) electrons. The molecule has 1 aliphatic carbocycles. The predicted molar refractivity (Wildman–Crippen MR) is 62.6 cm³/mol. The average molecular weight is 224 g/mol. The lowest BCUT2D eigenvalue weighted by atomic mass is 10.0. The Morgan fingerprint density at radius 1 is 1.40 bits per heavy atom. The molecule has 1 aromatic carbocycles. The summed E-state index contributed by atoms with van der Waals surface area (Å²) in [5.74, 6) is 0.810. The second kappa shape index (κ2) is 3.72. The maximum Gasteiger partial charge on any atom is 0.125 e. The summed E-state index contributed by atoms with van der Waals surface area (Å²) in [7, 11) is 1.66. The number of thioether (sulfide) groups is 1. The molecule has 0 unspecified atom stereocenters. The molecule has 1 fully saturated rings. The lowest BCUT2D eigenvalue weighted by Gasteiger charge is -2.16. The summed E-state index contributed by atoms with van der Waals surface area (Å²) in [6.45, 7) is 2.06. The van der Waals surface area contributed by atoms with E-state index in [2.05, 4.69) is 19.2 Å². The van der Waals surface area contributed by atoms with Crippen LogP contribution in [0.2, 0.25) is 0 Å². The SMILES string of the molecule is COc1cc(C)c(SC)cc1C1(O)CC1. The fourth-order valence-electron chi connectivity index (χ4n) is 1.80. The van der Waals surface area contributed by atoms with Crippen LogP contribution in [0.5, 0.6) is 5.75 Å². The number of hydrogen-bond acceptors (Lipinski definition) is 3. The molecule has 1 saturated carbocycles. The van der Waals surface area contributed by atoms with E-state index in [0.717, 1.165) is 24.2 Å². The monoisotopic (exact) mass is 224 g/mol. The molecule has 0 aromatic heterocycles. The Kier molecular flexibility index (Phi) is 2.69. The predicted octanol–water partition coefficient (Wildman–Crippen LogP) is 2.71. The van der Waals surface area contributed by atoms with E-state index in [-0.39, 0.29) is 0 Å². The molecule has 15 heavy (non-hydrogen) atoms. The van der Waals surface area contributed by atoms with Gasteiger partial charge in [-0.2, -0.15) is 0 Å². The van der Waals surface area contributed by atoms with E-state index in [9.17, 15) is 5.11 Å². The topological polar surface area (TPSA) is 29.5 Å². The smallest absolute Gasteiger partial charge is 0.125 e. The summed E-state index contributed by atoms with van der Waals surface area (Å²) in [5.41, 5.74) is 1.52. The van der Waals surface area contributed by atoms with Gasteiger partial charge in [0, 0.05) is 10.5 Å². The molecular formula is C12H16O2S. The van der Waals surface area contributed by atoms with Crippen molar-refractivity contribution in [1.82, 2.24) is 0 Å².